The number of aliphatic hydroxyl groups excluding tert-OH is 1. The van der Waals surface area contributed by atoms with Gasteiger partial charge in [-0.15, -0.1) is 0 Å². The second-order valence-corrected chi connectivity index (χ2v) is 10.8. The first-order valence-corrected chi connectivity index (χ1v) is 13.1. The van der Waals surface area contributed by atoms with Crippen LogP contribution in [0.2, 0.25) is 0 Å². The summed E-state index contributed by atoms with van der Waals surface area (Å²) in [6.45, 7) is 0.0599. The number of nitrogens with one attached hydrogen (secondary N) is 1. The summed E-state index contributed by atoms with van der Waals surface area (Å²) in [6, 6.07) is -0.532. The summed E-state index contributed by atoms with van der Waals surface area (Å²) in [6.07, 6.45) is -4.18. The van der Waals surface area contributed by atoms with Crippen molar-refractivity contribution in [2.45, 2.75) is 63.0 Å². The SMILES string of the molecule is Cc1c(F)c(N)cc(-c2nc3c4c(nc(OCC(F)(F)CO)nc4c2F)N2C[C@H]4CC[C@H](N4)[C@H]2[C@H](C)O3)c1C(F)(F)F. The Hall–Kier alpha value is -3.66. The summed E-state index contributed by atoms with van der Waals surface area (Å²) >= 11 is 0. The Bertz CT molecular complexity index is 1590. The van der Waals surface area contributed by atoms with Crippen molar-refractivity contribution < 1.29 is 45.3 Å². The van der Waals surface area contributed by atoms with Gasteiger partial charge in [-0.25, -0.2) is 22.5 Å². The van der Waals surface area contributed by atoms with Crippen molar-refractivity contribution in [2.75, 3.05) is 30.4 Å². The van der Waals surface area contributed by atoms with Crippen LogP contribution in [0.1, 0.15) is 30.9 Å². The lowest BCUT2D eigenvalue weighted by Crippen LogP contribution is -2.62. The number of halogens is 7. The zero-order valence-electron chi connectivity index (χ0n) is 22.2. The van der Waals surface area contributed by atoms with E-state index in [1.54, 1.807) is 6.92 Å². The molecule has 6 rings (SSSR count). The molecule has 42 heavy (non-hydrogen) atoms. The fraction of sp³-hybridized carbons (Fsp3) is 0.500. The number of anilines is 2. The van der Waals surface area contributed by atoms with Gasteiger partial charge in [-0.1, -0.05) is 0 Å². The third-order valence-electron chi connectivity index (χ3n) is 7.94. The van der Waals surface area contributed by atoms with Gasteiger partial charge in [0.05, 0.1) is 17.3 Å². The Kier molecular flexibility index (Phi) is 6.57. The van der Waals surface area contributed by atoms with Crippen molar-refractivity contribution in [2.24, 2.45) is 0 Å². The lowest BCUT2D eigenvalue weighted by molar-refractivity contribution is -0.137. The van der Waals surface area contributed by atoms with E-state index in [1.165, 1.54) is 0 Å². The molecule has 16 heteroatoms. The van der Waals surface area contributed by atoms with Gasteiger partial charge < -0.3 is 30.5 Å². The Balaban J connectivity index is 1.63. The normalized spacial score (nSPS) is 23.5. The van der Waals surface area contributed by atoms with E-state index < -0.39 is 88.7 Å². The van der Waals surface area contributed by atoms with Gasteiger partial charge >= 0.3 is 18.1 Å². The number of nitrogens with two attached hydrogens (primary N) is 1. The van der Waals surface area contributed by atoms with Gasteiger partial charge in [0.15, 0.2) is 12.4 Å². The Morgan fingerprint density at radius 3 is 2.57 bits per heavy atom. The van der Waals surface area contributed by atoms with Gasteiger partial charge in [0.25, 0.3) is 0 Å². The molecule has 226 valence electrons. The first-order valence-electron chi connectivity index (χ1n) is 13.1. The molecule has 2 saturated heterocycles. The summed E-state index contributed by atoms with van der Waals surface area (Å²) in [5, 5.41) is 12.3. The number of pyridine rings is 1. The third kappa shape index (κ3) is 4.51. The topological polar surface area (TPSA) is 119 Å². The highest BCUT2D eigenvalue weighted by atomic mass is 19.4. The van der Waals surface area contributed by atoms with E-state index in [4.69, 9.17) is 20.3 Å². The summed E-state index contributed by atoms with van der Waals surface area (Å²) in [4.78, 5) is 14.2. The minimum absolute atomic E-state index is 0.0321. The quantitative estimate of drug-likeness (QED) is 0.295. The first kappa shape index (κ1) is 28.5. The zero-order chi connectivity index (χ0) is 30.3. The standard InChI is InChI=1S/C26H25F7N6O3/c1-9-16(26(31,32)33)12(5-13(34)17(9)27)19-18(28)20-15-22(38-24(37-20)41-8-25(29,30)7-40)39-6-11-3-4-14(35-11)21(39)10(2)42-23(15)36-19/h5,10-11,14,21,35,40H,3-4,6-8,34H2,1-2H3/t10-,11+,14-,21+/m0/s1. The molecule has 3 aliphatic heterocycles. The van der Waals surface area contributed by atoms with E-state index in [1.807, 2.05) is 4.90 Å². The molecule has 3 aliphatic rings. The second-order valence-electron chi connectivity index (χ2n) is 10.8. The number of nitrogen functional groups attached to an aromatic ring is 1. The number of alkyl halides is 5. The minimum Gasteiger partial charge on any atom is -0.472 e. The molecule has 1 aromatic carbocycles. The number of fused-ring (bicyclic) bond motifs is 5. The van der Waals surface area contributed by atoms with Crippen LogP contribution in [0.5, 0.6) is 11.9 Å². The zero-order valence-corrected chi connectivity index (χ0v) is 22.2. The number of hydrogen-bond acceptors (Lipinski definition) is 9. The molecular formula is C26H25F7N6O3. The molecule has 0 spiro atoms. The number of nitrogens with zero attached hydrogens (tertiary/aromatic N) is 4. The van der Waals surface area contributed by atoms with Crippen LogP contribution in [-0.4, -0.2) is 70.0 Å². The van der Waals surface area contributed by atoms with Crippen LogP contribution in [0.3, 0.4) is 0 Å². The third-order valence-corrected chi connectivity index (χ3v) is 7.94. The predicted octanol–water partition coefficient (Wildman–Crippen LogP) is 3.98. The Morgan fingerprint density at radius 2 is 1.88 bits per heavy atom. The molecule has 0 unspecified atom stereocenters. The van der Waals surface area contributed by atoms with Gasteiger partial charge in [0, 0.05) is 24.2 Å². The molecule has 4 N–H and O–H groups in total. The van der Waals surface area contributed by atoms with Crippen LogP contribution >= 0.6 is 0 Å². The summed E-state index contributed by atoms with van der Waals surface area (Å²) in [5.41, 5.74) is 0.262. The number of aliphatic hydroxyl groups is 1. The number of benzene rings is 1. The monoisotopic (exact) mass is 602 g/mol. The first-order chi connectivity index (χ1) is 19.7. The van der Waals surface area contributed by atoms with Crippen molar-refractivity contribution in [1.82, 2.24) is 20.3 Å². The highest BCUT2D eigenvalue weighted by molar-refractivity contribution is 5.97. The smallest absolute Gasteiger partial charge is 0.417 e. The van der Waals surface area contributed by atoms with Gasteiger partial charge in [-0.3, -0.25) is 0 Å². The number of hydrogen-bond donors (Lipinski definition) is 3. The summed E-state index contributed by atoms with van der Waals surface area (Å²) in [5.74, 6) is -6.62. The average Bonchev–Trinajstić information content (AvgIpc) is 3.25. The molecule has 3 aromatic rings. The number of ether oxygens (including phenoxy) is 2. The maximum atomic E-state index is 16.4. The largest absolute Gasteiger partial charge is 0.472 e. The predicted molar refractivity (Wildman–Crippen MR) is 136 cm³/mol. The van der Waals surface area contributed by atoms with Crippen molar-refractivity contribution >= 4 is 22.4 Å². The fourth-order valence-corrected chi connectivity index (χ4v) is 6.12. The summed E-state index contributed by atoms with van der Waals surface area (Å²) in [7, 11) is 0. The Labute approximate surface area is 233 Å². The lowest BCUT2D eigenvalue weighted by Gasteiger charge is -2.42. The van der Waals surface area contributed by atoms with Gasteiger partial charge in [0.2, 0.25) is 5.88 Å². The van der Waals surface area contributed by atoms with E-state index in [-0.39, 0.29) is 29.2 Å². The van der Waals surface area contributed by atoms with E-state index in [9.17, 15) is 26.3 Å². The molecular weight excluding hydrogens is 577 g/mol. The molecule has 4 atom stereocenters. The number of aromatic nitrogens is 3. The average molecular weight is 603 g/mol. The van der Waals surface area contributed by atoms with Gasteiger partial charge in [0.1, 0.15) is 40.9 Å². The minimum atomic E-state index is -5.13. The van der Waals surface area contributed by atoms with E-state index in [2.05, 4.69) is 20.3 Å². The van der Waals surface area contributed by atoms with Crippen LogP contribution in [0, 0.1) is 18.6 Å². The molecule has 0 aliphatic carbocycles. The number of piperazine rings is 1. The van der Waals surface area contributed by atoms with Crippen molar-refractivity contribution in [3.05, 3.63) is 28.8 Å². The van der Waals surface area contributed by atoms with Crippen molar-refractivity contribution in [3.63, 3.8) is 0 Å². The lowest BCUT2D eigenvalue weighted by atomic mass is 9.96. The highest BCUT2D eigenvalue weighted by Crippen LogP contribution is 2.47. The van der Waals surface area contributed by atoms with E-state index in [0.717, 1.165) is 19.8 Å². The van der Waals surface area contributed by atoms with Crippen LogP contribution in [0.15, 0.2) is 6.07 Å². The van der Waals surface area contributed by atoms with Crippen LogP contribution in [0.25, 0.3) is 22.2 Å². The maximum Gasteiger partial charge on any atom is 0.417 e. The molecule has 0 radical (unpaired) electrons. The van der Waals surface area contributed by atoms with Crippen molar-refractivity contribution in [3.8, 4) is 23.1 Å². The summed E-state index contributed by atoms with van der Waals surface area (Å²) < 4.78 is 112. The molecule has 2 fully saturated rings. The fourth-order valence-electron chi connectivity index (χ4n) is 6.12. The second kappa shape index (κ2) is 9.69. The molecule has 9 nitrogen and oxygen atoms in total. The van der Waals surface area contributed by atoms with E-state index in [0.29, 0.717) is 12.6 Å². The molecule has 0 saturated carbocycles. The van der Waals surface area contributed by atoms with Gasteiger partial charge in [-0.05, 0) is 38.3 Å². The molecule has 0 amide bonds. The van der Waals surface area contributed by atoms with Crippen LogP contribution in [-0.2, 0) is 6.18 Å². The Morgan fingerprint density at radius 1 is 1.14 bits per heavy atom. The van der Waals surface area contributed by atoms with E-state index >= 15 is 4.39 Å². The molecule has 2 aromatic heterocycles. The maximum absolute atomic E-state index is 16.4. The number of rotatable bonds is 5. The molecule has 2 bridgehead atoms. The molecule has 5 heterocycles. The van der Waals surface area contributed by atoms with Crippen molar-refractivity contribution in [1.29, 1.82) is 0 Å². The van der Waals surface area contributed by atoms with Crippen LogP contribution in [0.4, 0.5) is 42.2 Å². The van der Waals surface area contributed by atoms with Crippen LogP contribution < -0.4 is 25.4 Å². The highest BCUT2D eigenvalue weighted by Gasteiger charge is 2.47. The van der Waals surface area contributed by atoms with Gasteiger partial charge in [-0.2, -0.15) is 23.1 Å².